The molecule has 0 radical (unpaired) electrons. The Morgan fingerprint density at radius 2 is 2.30 bits per heavy atom. The van der Waals surface area contributed by atoms with Gasteiger partial charge in [-0.2, -0.15) is 0 Å². The summed E-state index contributed by atoms with van der Waals surface area (Å²) in [7, 11) is 0. The fourth-order valence-corrected chi connectivity index (χ4v) is 2.79. The lowest BCUT2D eigenvalue weighted by atomic mass is 10.1. The fourth-order valence-electron chi connectivity index (χ4n) is 2.57. The van der Waals surface area contributed by atoms with Gasteiger partial charge in [-0.05, 0) is 25.3 Å². The summed E-state index contributed by atoms with van der Waals surface area (Å²) in [5.74, 6) is -0.223. The van der Waals surface area contributed by atoms with Gasteiger partial charge in [-0.3, -0.25) is 14.9 Å². The first-order chi connectivity index (χ1) is 9.45. The number of benzene rings is 1. The Labute approximate surface area is 121 Å². The number of likely N-dealkylation sites (tertiary alicyclic amines) is 1. The molecule has 6 nitrogen and oxygen atoms in total. The summed E-state index contributed by atoms with van der Waals surface area (Å²) >= 11 is 5.88. The molecule has 0 saturated carbocycles. The first-order valence-corrected chi connectivity index (χ1v) is 6.87. The van der Waals surface area contributed by atoms with Gasteiger partial charge in [0.25, 0.3) is 11.6 Å². The number of hydrogen-bond acceptors (Lipinski definition) is 4. The molecule has 0 aromatic heterocycles. The Morgan fingerprint density at radius 1 is 1.60 bits per heavy atom. The Balaban J connectivity index is 2.37. The van der Waals surface area contributed by atoms with Crippen LogP contribution in [-0.2, 0) is 0 Å². The van der Waals surface area contributed by atoms with Gasteiger partial charge in [-0.1, -0.05) is 18.5 Å². The van der Waals surface area contributed by atoms with E-state index in [-0.39, 0.29) is 33.9 Å². The zero-order valence-corrected chi connectivity index (χ0v) is 11.9. The normalized spacial score (nSPS) is 18.3. The molecule has 1 amide bonds. The summed E-state index contributed by atoms with van der Waals surface area (Å²) in [6.45, 7) is 2.70. The van der Waals surface area contributed by atoms with Crippen LogP contribution in [0, 0.1) is 10.1 Å². The Hall–Kier alpha value is -1.82. The number of hydrogen-bond donors (Lipinski definition) is 1. The van der Waals surface area contributed by atoms with Crippen LogP contribution in [0.3, 0.4) is 0 Å². The summed E-state index contributed by atoms with van der Waals surface area (Å²) in [4.78, 5) is 24.5. The molecule has 0 bridgehead atoms. The van der Waals surface area contributed by atoms with Crippen LogP contribution >= 0.6 is 11.6 Å². The highest BCUT2D eigenvalue weighted by molar-refractivity contribution is 6.34. The second-order valence-electron chi connectivity index (χ2n) is 4.85. The quantitative estimate of drug-likeness (QED) is 0.528. The number of anilines is 1. The lowest BCUT2D eigenvalue weighted by Gasteiger charge is -2.23. The smallest absolute Gasteiger partial charge is 0.294 e. The van der Waals surface area contributed by atoms with E-state index in [1.165, 1.54) is 12.1 Å². The average Bonchev–Trinajstić information content (AvgIpc) is 2.88. The zero-order valence-electron chi connectivity index (χ0n) is 11.1. The van der Waals surface area contributed by atoms with Crippen LogP contribution in [0.25, 0.3) is 0 Å². The SMILES string of the molecule is CCC1CCCN1C(=O)c1cc(Cl)c(N)c([N+](=O)[O-])c1. The van der Waals surface area contributed by atoms with Crippen molar-refractivity contribution in [3.8, 4) is 0 Å². The van der Waals surface area contributed by atoms with Crippen molar-refractivity contribution in [2.75, 3.05) is 12.3 Å². The zero-order chi connectivity index (χ0) is 14.9. The molecule has 1 saturated heterocycles. The largest absolute Gasteiger partial charge is 0.392 e. The maximum atomic E-state index is 12.5. The molecule has 1 fully saturated rings. The molecule has 1 aliphatic heterocycles. The van der Waals surface area contributed by atoms with Gasteiger partial charge < -0.3 is 10.6 Å². The minimum atomic E-state index is -0.626. The minimum Gasteiger partial charge on any atom is -0.392 e. The van der Waals surface area contributed by atoms with E-state index in [2.05, 4.69) is 0 Å². The standard InChI is InChI=1S/C13H16ClN3O3/c1-2-9-4-3-5-16(9)13(18)8-6-10(14)12(15)11(7-8)17(19)20/h6-7,9H,2-5,15H2,1H3. The highest BCUT2D eigenvalue weighted by Crippen LogP contribution is 2.32. The van der Waals surface area contributed by atoms with Gasteiger partial charge in [0.05, 0.1) is 9.95 Å². The van der Waals surface area contributed by atoms with Crippen molar-refractivity contribution in [1.29, 1.82) is 0 Å². The molecule has 2 N–H and O–H groups in total. The predicted molar refractivity (Wildman–Crippen MR) is 76.9 cm³/mol. The second kappa shape index (κ2) is 5.66. The summed E-state index contributed by atoms with van der Waals surface area (Å²) in [6.07, 6.45) is 2.79. The van der Waals surface area contributed by atoms with Crippen molar-refractivity contribution in [3.63, 3.8) is 0 Å². The third-order valence-corrected chi connectivity index (χ3v) is 3.97. The lowest BCUT2D eigenvalue weighted by Crippen LogP contribution is -2.35. The van der Waals surface area contributed by atoms with Gasteiger partial charge in [-0.25, -0.2) is 0 Å². The average molecular weight is 298 g/mol. The predicted octanol–water partition coefficient (Wildman–Crippen LogP) is 2.85. The number of nitrogens with two attached hydrogens (primary N) is 1. The summed E-state index contributed by atoms with van der Waals surface area (Å²) < 4.78 is 0. The van der Waals surface area contributed by atoms with Gasteiger partial charge in [-0.15, -0.1) is 0 Å². The molecule has 0 aliphatic carbocycles. The number of amides is 1. The molecule has 1 unspecified atom stereocenters. The highest BCUT2D eigenvalue weighted by atomic mass is 35.5. The Kier molecular flexibility index (Phi) is 4.13. The molecule has 1 aliphatic rings. The van der Waals surface area contributed by atoms with E-state index in [9.17, 15) is 14.9 Å². The Bertz CT molecular complexity index is 562. The number of carbonyl (C=O) groups excluding carboxylic acids is 1. The fraction of sp³-hybridized carbons (Fsp3) is 0.462. The van der Waals surface area contributed by atoms with Crippen LogP contribution in [0.4, 0.5) is 11.4 Å². The number of halogens is 1. The monoisotopic (exact) mass is 297 g/mol. The van der Waals surface area contributed by atoms with Crippen molar-refractivity contribution in [1.82, 2.24) is 4.90 Å². The topological polar surface area (TPSA) is 89.5 Å². The van der Waals surface area contributed by atoms with Crippen LogP contribution < -0.4 is 5.73 Å². The third kappa shape index (κ3) is 2.56. The van der Waals surface area contributed by atoms with Gasteiger partial charge in [0.1, 0.15) is 5.69 Å². The van der Waals surface area contributed by atoms with E-state index < -0.39 is 4.92 Å². The van der Waals surface area contributed by atoms with E-state index >= 15 is 0 Å². The molecule has 20 heavy (non-hydrogen) atoms. The molecule has 108 valence electrons. The van der Waals surface area contributed by atoms with Crippen molar-refractivity contribution in [2.24, 2.45) is 0 Å². The molecule has 1 heterocycles. The third-order valence-electron chi connectivity index (χ3n) is 3.66. The first-order valence-electron chi connectivity index (χ1n) is 6.50. The van der Waals surface area contributed by atoms with E-state index in [4.69, 9.17) is 17.3 Å². The Morgan fingerprint density at radius 3 is 2.90 bits per heavy atom. The number of nitrogen functional groups attached to an aromatic ring is 1. The molecule has 2 rings (SSSR count). The van der Waals surface area contributed by atoms with Crippen LogP contribution in [0.2, 0.25) is 5.02 Å². The number of nitro groups is 1. The van der Waals surface area contributed by atoms with E-state index in [0.717, 1.165) is 19.3 Å². The van der Waals surface area contributed by atoms with Crippen molar-refractivity contribution in [3.05, 3.63) is 32.8 Å². The number of nitro benzene ring substituents is 1. The van der Waals surface area contributed by atoms with E-state index in [0.29, 0.717) is 6.54 Å². The number of nitrogens with zero attached hydrogens (tertiary/aromatic N) is 2. The van der Waals surface area contributed by atoms with Crippen molar-refractivity contribution >= 4 is 28.9 Å². The van der Waals surface area contributed by atoms with Crippen LogP contribution in [0.5, 0.6) is 0 Å². The molecule has 7 heteroatoms. The first kappa shape index (κ1) is 14.6. The maximum Gasteiger partial charge on any atom is 0.294 e. The van der Waals surface area contributed by atoms with Crippen LogP contribution in [0.1, 0.15) is 36.5 Å². The summed E-state index contributed by atoms with van der Waals surface area (Å²) in [5.41, 5.74) is 5.34. The summed E-state index contributed by atoms with van der Waals surface area (Å²) in [5, 5.41) is 11.0. The maximum absolute atomic E-state index is 12.5. The van der Waals surface area contributed by atoms with Gasteiger partial charge in [0, 0.05) is 24.2 Å². The molecule has 1 aromatic rings. The second-order valence-corrected chi connectivity index (χ2v) is 5.26. The molecule has 0 spiro atoms. The number of carbonyl (C=O) groups is 1. The van der Waals surface area contributed by atoms with Crippen molar-refractivity contribution < 1.29 is 9.72 Å². The molecule has 1 aromatic carbocycles. The van der Waals surface area contributed by atoms with Gasteiger partial charge in [0.2, 0.25) is 0 Å². The lowest BCUT2D eigenvalue weighted by molar-refractivity contribution is -0.383. The van der Waals surface area contributed by atoms with Crippen LogP contribution in [-0.4, -0.2) is 28.3 Å². The van der Waals surface area contributed by atoms with E-state index in [1.807, 2.05) is 6.92 Å². The highest BCUT2D eigenvalue weighted by Gasteiger charge is 2.29. The molecule has 1 atom stereocenters. The summed E-state index contributed by atoms with van der Waals surface area (Å²) in [6, 6.07) is 2.80. The van der Waals surface area contributed by atoms with Gasteiger partial charge in [0.15, 0.2) is 0 Å². The van der Waals surface area contributed by atoms with Crippen LogP contribution in [0.15, 0.2) is 12.1 Å². The minimum absolute atomic E-state index is 0.0368. The van der Waals surface area contributed by atoms with E-state index in [1.54, 1.807) is 4.90 Å². The van der Waals surface area contributed by atoms with Gasteiger partial charge >= 0.3 is 0 Å². The molecular weight excluding hydrogens is 282 g/mol. The number of rotatable bonds is 3. The molecular formula is C13H16ClN3O3. The van der Waals surface area contributed by atoms with Crippen molar-refractivity contribution in [2.45, 2.75) is 32.2 Å².